The molecular weight excluding hydrogens is 452 g/mol. The summed E-state index contributed by atoms with van der Waals surface area (Å²) in [6.45, 7) is 0. The number of alkyl halides is 3. The number of benzene rings is 2. The fourth-order valence-corrected chi connectivity index (χ4v) is 4.41. The number of hydrogen-bond donors (Lipinski definition) is 0. The van der Waals surface area contributed by atoms with Crippen molar-refractivity contribution in [2.75, 3.05) is 0 Å². The molecule has 152 valence electrons. The van der Waals surface area contributed by atoms with E-state index < -0.39 is 17.7 Å². The van der Waals surface area contributed by atoms with Crippen molar-refractivity contribution in [2.45, 2.75) is 12.1 Å². The van der Waals surface area contributed by atoms with Crippen molar-refractivity contribution in [3.05, 3.63) is 104 Å². The molecule has 0 amide bonds. The molecule has 0 saturated heterocycles. The number of pyridine rings is 1. The van der Waals surface area contributed by atoms with Crippen LogP contribution in [0, 0.1) is 0 Å². The Hall–Kier alpha value is -2.41. The minimum absolute atomic E-state index is 0.0538. The van der Waals surface area contributed by atoms with Gasteiger partial charge in [-0.25, -0.2) is 4.98 Å². The van der Waals surface area contributed by atoms with Crippen molar-refractivity contribution in [1.82, 2.24) is 9.97 Å². The topological polar surface area (TPSA) is 25.8 Å². The zero-order chi connectivity index (χ0) is 21.3. The molecule has 0 saturated carbocycles. The van der Waals surface area contributed by atoms with Crippen molar-refractivity contribution in [1.29, 1.82) is 0 Å². The van der Waals surface area contributed by atoms with Crippen molar-refractivity contribution in [2.24, 2.45) is 0 Å². The van der Waals surface area contributed by atoms with Gasteiger partial charge in [-0.3, -0.25) is 4.98 Å². The van der Waals surface area contributed by atoms with Crippen LogP contribution in [-0.2, 0) is 6.18 Å². The Morgan fingerprint density at radius 1 is 0.933 bits per heavy atom. The van der Waals surface area contributed by atoms with E-state index in [2.05, 4.69) is 4.98 Å². The Kier molecular flexibility index (Phi) is 5.82. The van der Waals surface area contributed by atoms with Gasteiger partial charge >= 0.3 is 6.18 Å². The van der Waals surface area contributed by atoms with Crippen LogP contribution in [0.15, 0.2) is 72.2 Å². The summed E-state index contributed by atoms with van der Waals surface area (Å²) in [4.78, 5) is 8.82. The molecule has 0 aliphatic heterocycles. The molecule has 2 aromatic carbocycles. The molecule has 0 N–H and O–H groups in total. The molecular formula is C22H13Cl2F3N2S. The Morgan fingerprint density at radius 3 is 2.27 bits per heavy atom. The first-order chi connectivity index (χ1) is 14.3. The Bertz CT molecular complexity index is 1160. The molecule has 0 radical (unpaired) electrons. The first kappa shape index (κ1) is 20.8. The van der Waals surface area contributed by atoms with Gasteiger partial charge in [0, 0.05) is 22.2 Å². The number of halogens is 5. The lowest BCUT2D eigenvalue weighted by molar-refractivity contribution is -0.137. The van der Waals surface area contributed by atoms with Crippen molar-refractivity contribution in [3.63, 3.8) is 0 Å². The van der Waals surface area contributed by atoms with Gasteiger partial charge in [-0.05, 0) is 23.8 Å². The maximum atomic E-state index is 13.0. The second kappa shape index (κ2) is 8.38. The number of nitrogens with zero attached hydrogens (tertiary/aromatic N) is 2. The minimum Gasteiger partial charge on any atom is -0.258 e. The molecule has 0 aliphatic carbocycles. The fraction of sp³-hybridized carbons (Fsp3) is 0.0909. The van der Waals surface area contributed by atoms with Gasteiger partial charge in [0.1, 0.15) is 5.01 Å². The van der Waals surface area contributed by atoms with Crippen molar-refractivity contribution >= 4 is 34.5 Å². The monoisotopic (exact) mass is 464 g/mol. The Morgan fingerprint density at radius 2 is 1.63 bits per heavy atom. The zero-order valence-corrected chi connectivity index (χ0v) is 17.5. The van der Waals surface area contributed by atoms with E-state index in [9.17, 15) is 13.2 Å². The van der Waals surface area contributed by atoms with E-state index in [1.165, 1.54) is 11.3 Å². The molecule has 1 atom stereocenters. The predicted octanol–water partition coefficient (Wildman–Crippen LogP) is 7.71. The van der Waals surface area contributed by atoms with E-state index in [0.29, 0.717) is 15.7 Å². The number of hydrogen-bond acceptors (Lipinski definition) is 3. The highest BCUT2D eigenvalue weighted by Crippen LogP contribution is 2.39. The second-order valence-electron chi connectivity index (χ2n) is 6.51. The maximum Gasteiger partial charge on any atom is 0.417 e. The molecule has 2 aromatic heterocycles. The summed E-state index contributed by atoms with van der Waals surface area (Å²) in [6, 6.07) is 17.5. The van der Waals surface area contributed by atoms with Crippen LogP contribution in [-0.4, -0.2) is 9.97 Å². The van der Waals surface area contributed by atoms with Crippen LogP contribution in [0.25, 0.3) is 11.3 Å². The number of aromatic nitrogens is 2. The van der Waals surface area contributed by atoms with Gasteiger partial charge in [0.05, 0.1) is 27.9 Å². The normalized spacial score (nSPS) is 12.7. The van der Waals surface area contributed by atoms with Gasteiger partial charge in [-0.2, -0.15) is 13.2 Å². The molecule has 4 aromatic rings. The van der Waals surface area contributed by atoms with Crippen molar-refractivity contribution in [3.8, 4) is 11.3 Å². The Labute approximate surface area is 185 Å². The summed E-state index contributed by atoms with van der Waals surface area (Å²) < 4.78 is 39.1. The molecule has 0 bridgehead atoms. The average molecular weight is 465 g/mol. The van der Waals surface area contributed by atoms with Gasteiger partial charge in [0.25, 0.3) is 0 Å². The molecule has 8 heteroatoms. The molecule has 1 unspecified atom stereocenters. The summed E-state index contributed by atoms with van der Waals surface area (Å²) in [7, 11) is 0. The molecule has 2 heterocycles. The highest BCUT2D eigenvalue weighted by atomic mass is 35.5. The van der Waals surface area contributed by atoms with Crippen LogP contribution in [0.1, 0.15) is 27.7 Å². The largest absolute Gasteiger partial charge is 0.417 e. The summed E-state index contributed by atoms with van der Waals surface area (Å²) in [5.74, 6) is -0.493. The Balaban J connectivity index is 1.80. The highest BCUT2D eigenvalue weighted by Gasteiger charge is 2.33. The first-order valence-corrected chi connectivity index (χ1v) is 10.5. The van der Waals surface area contributed by atoms with E-state index >= 15 is 0 Å². The first-order valence-electron chi connectivity index (χ1n) is 8.82. The maximum absolute atomic E-state index is 13.0. The molecule has 0 fully saturated rings. The molecule has 0 aliphatic rings. The lowest BCUT2D eigenvalue weighted by Crippen LogP contribution is -2.10. The fourth-order valence-electron chi connectivity index (χ4n) is 3.05. The predicted molar refractivity (Wildman–Crippen MR) is 114 cm³/mol. The summed E-state index contributed by atoms with van der Waals surface area (Å²) in [5.41, 5.74) is 1.91. The molecule has 30 heavy (non-hydrogen) atoms. The standard InChI is InChI=1S/C22H13Cl2F3N2S/c23-16-8-6-13(7-9-16)18-12-30-21(29-18)19(14-4-2-1-3-5-14)20-17(24)10-15(11-28-20)22(25,26)27/h1-12,19H. The van der Waals surface area contributed by atoms with Gasteiger partial charge in [0.2, 0.25) is 0 Å². The minimum atomic E-state index is -4.51. The quantitative estimate of drug-likeness (QED) is 0.309. The van der Waals surface area contributed by atoms with Crippen LogP contribution < -0.4 is 0 Å². The van der Waals surface area contributed by atoms with E-state index in [1.807, 2.05) is 47.8 Å². The molecule has 2 nitrogen and oxygen atoms in total. The van der Waals surface area contributed by atoms with E-state index in [-0.39, 0.29) is 5.02 Å². The van der Waals surface area contributed by atoms with Crippen LogP contribution in [0.3, 0.4) is 0 Å². The van der Waals surface area contributed by atoms with Crippen LogP contribution in [0.2, 0.25) is 10.0 Å². The smallest absolute Gasteiger partial charge is 0.258 e. The molecule has 4 rings (SSSR count). The summed E-state index contributed by atoms with van der Waals surface area (Å²) >= 11 is 13.6. The highest BCUT2D eigenvalue weighted by molar-refractivity contribution is 7.10. The summed E-state index contributed by atoms with van der Waals surface area (Å²) in [5, 5.41) is 3.14. The van der Waals surface area contributed by atoms with Gasteiger partial charge in [0.15, 0.2) is 0 Å². The van der Waals surface area contributed by atoms with Gasteiger partial charge in [-0.1, -0.05) is 65.7 Å². The summed E-state index contributed by atoms with van der Waals surface area (Å²) in [6.07, 6.45) is -3.70. The van der Waals surface area contributed by atoms with E-state index in [0.717, 1.165) is 29.1 Å². The van der Waals surface area contributed by atoms with Crippen LogP contribution in [0.5, 0.6) is 0 Å². The third-order valence-electron chi connectivity index (χ3n) is 4.51. The van der Waals surface area contributed by atoms with Gasteiger partial charge in [-0.15, -0.1) is 11.3 Å². The third kappa shape index (κ3) is 4.36. The lowest BCUT2D eigenvalue weighted by atomic mass is 9.95. The van der Waals surface area contributed by atoms with Gasteiger partial charge < -0.3 is 0 Å². The van der Waals surface area contributed by atoms with E-state index in [1.54, 1.807) is 12.1 Å². The third-order valence-corrected chi connectivity index (χ3v) is 5.98. The average Bonchev–Trinajstić information content (AvgIpc) is 3.20. The number of thiazole rings is 1. The number of rotatable bonds is 4. The van der Waals surface area contributed by atoms with Crippen LogP contribution in [0.4, 0.5) is 13.2 Å². The molecule has 0 spiro atoms. The lowest BCUT2D eigenvalue weighted by Gasteiger charge is -2.17. The van der Waals surface area contributed by atoms with Crippen LogP contribution >= 0.6 is 34.5 Å². The zero-order valence-electron chi connectivity index (χ0n) is 15.2. The SMILES string of the molecule is FC(F)(F)c1cnc(C(c2ccccc2)c2nc(-c3ccc(Cl)cc3)cs2)c(Cl)c1. The second-order valence-corrected chi connectivity index (χ2v) is 8.24. The van der Waals surface area contributed by atoms with Crippen molar-refractivity contribution < 1.29 is 13.2 Å². The van der Waals surface area contributed by atoms with E-state index in [4.69, 9.17) is 28.2 Å².